The number of carbonyl (C=O) groups excluding carboxylic acids is 1. The second-order valence-electron chi connectivity index (χ2n) is 6.09. The summed E-state index contributed by atoms with van der Waals surface area (Å²) in [7, 11) is 0. The number of furan rings is 1. The fraction of sp³-hybridized carbons (Fsp3) is 0.263. The van der Waals surface area contributed by atoms with Crippen molar-refractivity contribution in [1.82, 2.24) is 14.9 Å². The SMILES string of the molecule is Cc1nc(-c2ccco2)ccc1C(=O)N1CCC[C@H]1c1ccc[nH]1. The lowest BCUT2D eigenvalue weighted by Crippen LogP contribution is -2.31. The average Bonchev–Trinajstić information content (AvgIpc) is 3.35. The summed E-state index contributed by atoms with van der Waals surface area (Å²) in [5.41, 5.74) is 3.23. The lowest BCUT2D eigenvalue weighted by atomic mass is 10.1. The predicted molar refractivity (Wildman–Crippen MR) is 90.5 cm³/mol. The quantitative estimate of drug-likeness (QED) is 0.794. The van der Waals surface area contributed by atoms with Crippen LogP contribution in [0.2, 0.25) is 0 Å². The first kappa shape index (κ1) is 14.8. The van der Waals surface area contributed by atoms with E-state index in [4.69, 9.17) is 4.42 Å². The summed E-state index contributed by atoms with van der Waals surface area (Å²) in [6.45, 7) is 2.65. The highest BCUT2D eigenvalue weighted by molar-refractivity contribution is 5.96. The Morgan fingerprint density at radius 1 is 1.29 bits per heavy atom. The molecule has 4 heterocycles. The van der Waals surface area contributed by atoms with Crippen LogP contribution >= 0.6 is 0 Å². The van der Waals surface area contributed by atoms with Gasteiger partial charge in [0.1, 0.15) is 5.69 Å². The van der Waals surface area contributed by atoms with Gasteiger partial charge in [-0.25, -0.2) is 4.98 Å². The predicted octanol–water partition coefficient (Wildman–Crippen LogP) is 3.96. The largest absolute Gasteiger partial charge is 0.463 e. The first-order valence-corrected chi connectivity index (χ1v) is 8.20. The van der Waals surface area contributed by atoms with Crippen molar-refractivity contribution in [3.63, 3.8) is 0 Å². The van der Waals surface area contributed by atoms with Gasteiger partial charge in [0.05, 0.1) is 23.6 Å². The standard InChI is InChI=1S/C19H19N3O2/c1-13-14(8-9-16(21-13)18-7-4-12-24-18)19(23)22-11-3-6-17(22)15-5-2-10-20-15/h2,4-5,7-10,12,17,20H,3,6,11H2,1H3/t17-/m0/s1. The third-order valence-electron chi connectivity index (χ3n) is 4.58. The highest BCUT2D eigenvalue weighted by Gasteiger charge is 2.32. The van der Waals surface area contributed by atoms with E-state index in [0.29, 0.717) is 11.3 Å². The minimum atomic E-state index is 0.0445. The number of amides is 1. The third kappa shape index (κ3) is 2.52. The monoisotopic (exact) mass is 321 g/mol. The Balaban J connectivity index is 1.62. The van der Waals surface area contributed by atoms with Gasteiger partial charge in [0.2, 0.25) is 0 Å². The minimum Gasteiger partial charge on any atom is -0.463 e. The van der Waals surface area contributed by atoms with Crippen molar-refractivity contribution in [2.75, 3.05) is 6.54 Å². The van der Waals surface area contributed by atoms with Crippen LogP contribution < -0.4 is 0 Å². The Kier molecular flexibility index (Phi) is 3.69. The Morgan fingerprint density at radius 3 is 2.92 bits per heavy atom. The molecule has 122 valence electrons. The zero-order valence-electron chi connectivity index (χ0n) is 13.5. The van der Waals surface area contributed by atoms with E-state index in [1.807, 2.05) is 54.4 Å². The van der Waals surface area contributed by atoms with E-state index in [-0.39, 0.29) is 11.9 Å². The molecule has 1 saturated heterocycles. The van der Waals surface area contributed by atoms with Crippen LogP contribution in [0, 0.1) is 6.92 Å². The molecule has 0 radical (unpaired) electrons. The fourth-order valence-electron chi connectivity index (χ4n) is 3.39. The molecule has 1 aliphatic rings. The summed E-state index contributed by atoms with van der Waals surface area (Å²) in [4.78, 5) is 22.7. The number of aromatic amines is 1. The van der Waals surface area contributed by atoms with Gasteiger partial charge in [-0.05, 0) is 56.2 Å². The molecule has 0 spiro atoms. The Morgan fingerprint density at radius 2 is 2.21 bits per heavy atom. The summed E-state index contributed by atoms with van der Waals surface area (Å²) in [5.74, 6) is 0.755. The summed E-state index contributed by atoms with van der Waals surface area (Å²) >= 11 is 0. The summed E-state index contributed by atoms with van der Waals surface area (Å²) in [5, 5.41) is 0. The first-order valence-electron chi connectivity index (χ1n) is 8.20. The van der Waals surface area contributed by atoms with Crippen LogP contribution in [-0.4, -0.2) is 27.3 Å². The lowest BCUT2D eigenvalue weighted by Gasteiger charge is -2.24. The van der Waals surface area contributed by atoms with Crippen LogP contribution in [0.5, 0.6) is 0 Å². The van der Waals surface area contributed by atoms with Crippen LogP contribution in [0.3, 0.4) is 0 Å². The van der Waals surface area contributed by atoms with Gasteiger partial charge in [0.15, 0.2) is 5.76 Å². The topological polar surface area (TPSA) is 62.1 Å². The molecule has 5 heteroatoms. The molecular weight excluding hydrogens is 302 g/mol. The van der Waals surface area contributed by atoms with Gasteiger partial charge in [-0.1, -0.05) is 0 Å². The van der Waals surface area contributed by atoms with Crippen LogP contribution in [0.15, 0.2) is 53.3 Å². The second kappa shape index (κ2) is 6.00. The molecule has 0 saturated carbocycles. The van der Waals surface area contributed by atoms with Crippen molar-refractivity contribution < 1.29 is 9.21 Å². The number of aromatic nitrogens is 2. The van der Waals surface area contributed by atoms with Crippen LogP contribution in [0.4, 0.5) is 0 Å². The molecule has 24 heavy (non-hydrogen) atoms. The summed E-state index contributed by atoms with van der Waals surface area (Å²) < 4.78 is 5.38. The van der Waals surface area contributed by atoms with Crippen LogP contribution in [0.1, 0.15) is 40.6 Å². The van der Waals surface area contributed by atoms with Crippen molar-refractivity contribution in [3.05, 3.63) is 65.8 Å². The van der Waals surface area contributed by atoms with Gasteiger partial charge >= 0.3 is 0 Å². The molecule has 1 aliphatic heterocycles. The van der Waals surface area contributed by atoms with Crippen LogP contribution in [0.25, 0.3) is 11.5 Å². The summed E-state index contributed by atoms with van der Waals surface area (Å²) in [6, 6.07) is 11.5. The molecule has 4 rings (SSSR count). The number of nitrogens with zero attached hydrogens (tertiary/aromatic N) is 2. The molecule has 0 aromatic carbocycles. The summed E-state index contributed by atoms with van der Waals surface area (Å²) in [6.07, 6.45) is 5.54. The van der Waals surface area contributed by atoms with Gasteiger partial charge < -0.3 is 14.3 Å². The number of carbonyl (C=O) groups is 1. The Bertz CT molecular complexity index is 838. The van der Waals surface area contributed by atoms with Gasteiger partial charge in [0, 0.05) is 18.4 Å². The molecular formula is C19H19N3O2. The van der Waals surface area contributed by atoms with E-state index >= 15 is 0 Å². The number of nitrogens with one attached hydrogen (secondary N) is 1. The van der Waals surface area contributed by atoms with Gasteiger partial charge in [-0.2, -0.15) is 0 Å². The number of aryl methyl sites for hydroxylation is 1. The van der Waals surface area contributed by atoms with E-state index in [2.05, 4.69) is 9.97 Å². The number of hydrogen-bond acceptors (Lipinski definition) is 3. The molecule has 1 amide bonds. The maximum atomic E-state index is 13.0. The number of pyridine rings is 1. The van der Waals surface area contributed by atoms with Crippen LogP contribution in [-0.2, 0) is 0 Å². The molecule has 1 N–H and O–H groups in total. The van der Waals surface area contributed by atoms with Gasteiger partial charge in [-0.15, -0.1) is 0 Å². The first-order chi connectivity index (χ1) is 11.7. The average molecular weight is 321 g/mol. The van der Waals surface area contributed by atoms with E-state index in [1.165, 1.54) is 0 Å². The van der Waals surface area contributed by atoms with E-state index in [9.17, 15) is 4.79 Å². The number of rotatable bonds is 3. The van der Waals surface area contributed by atoms with E-state index in [1.54, 1.807) is 6.26 Å². The molecule has 3 aromatic rings. The van der Waals surface area contributed by atoms with Gasteiger partial charge in [0.25, 0.3) is 5.91 Å². The van der Waals surface area contributed by atoms with Crippen molar-refractivity contribution in [2.45, 2.75) is 25.8 Å². The molecule has 0 bridgehead atoms. The van der Waals surface area contributed by atoms with Crippen molar-refractivity contribution >= 4 is 5.91 Å². The zero-order chi connectivity index (χ0) is 16.5. The van der Waals surface area contributed by atoms with Crippen molar-refractivity contribution in [2.24, 2.45) is 0 Å². The third-order valence-corrected chi connectivity index (χ3v) is 4.58. The smallest absolute Gasteiger partial charge is 0.256 e. The Labute approximate surface area is 140 Å². The Hall–Kier alpha value is -2.82. The number of hydrogen-bond donors (Lipinski definition) is 1. The number of H-pyrrole nitrogens is 1. The minimum absolute atomic E-state index is 0.0445. The highest BCUT2D eigenvalue weighted by atomic mass is 16.3. The lowest BCUT2D eigenvalue weighted by molar-refractivity contribution is 0.0732. The van der Waals surface area contributed by atoms with Crippen molar-refractivity contribution in [1.29, 1.82) is 0 Å². The molecule has 1 fully saturated rings. The molecule has 5 nitrogen and oxygen atoms in total. The number of likely N-dealkylation sites (tertiary alicyclic amines) is 1. The van der Waals surface area contributed by atoms with Crippen molar-refractivity contribution in [3.8, 4) is 11.5 Å². The maximum Gasteiger partial charge on any atom is 0.256 e. The fourth-order valence-corrected chi connectivity index (χ4v) is 3.39. The van der Waals surface area contributed by atoms with Gasteiger partial charge in [-0.3, -0.25) is 4.79 Å². The molecule has 0 aliphatic carbocycles. The molecule has 1 atom stereocenters. The molecule has 0 unspecified atom stereocenters. The normalized spacial score (nSPS) is 17.4. The second-order valence-corrected chi connectivity index (χ2v) is 6.09. The zero-order valence-corrected chi connectivity index (χ0v) is 13.5. The maximum absolute atomic E-state index is 13.0. The van der Waals surface area contributed by atoms with E-state index < -0.39 is 0 Å². The molecule has 3 aromatic heterocycles. The highest BCUT2D eigenvalue weighted by Crippen LogP contribution is 2.32. The van der Waals surface area contributed by atoms with E-state index in [0.717, 1.165) is 36.5 Å².